The summed E-state index contributed by atoms with van der Waals surface area (Å²) in [4.78, 5) is 22.3. The Labute approximate surface area is 99.6 Å². The van der Waals surface area contributed by atoms with Crippen LogP contribution in [0.25, 0.3) is 0 Å². The zero-order valence-corrected chi connectivity index (χ0v) is 11.1. The number of hydrogen-bond donors (Lipinski definition) is 2. The average molecular weight is 268 g/mol. The van der Waals surface area contributed by atoms with E-state index in [4.69, 9.17) is 0 Å². The van der Waals surface area contributed by atoms with Crippen molar-refractivity contribution in [3.8, 4) is 0 Å². The van der Waals surface area contributed by atoms with E-state index < -0.39 is 22.0 Å². The maximum atomic E-state index is 11.5. The quantitative estimate of drug-likeness (QED) is 0.666. The van der Waals surface area contributed by atoms with Crippen LogP contribution in [0.4, 0.5) is 0 Å². The van der Waals surface area contributed by atoms with Gasteiger partial charge in [-0.1, -0.05) is 0 Å². The first-order valence-electron chi connectivity index (χ1n) is 4.54. The lowest BCUT2D eigenvalue weighted by atomic mass is 10.2. The predicted octanol–water partition coefficient (Wildman–Crippen LogP) is -0.680. The molecule has 0 rings (SSSR count). The molecule has 16 heavy (non-hydrogen) atoms. The van der Waals surface area contributed by atoms with Gasteiger partial charge in [0, 0.05) is 6.92 Å². The van der Waals surface area contributed by atoms with E-state index in [-0.39, 0.29) is 5.91 Å². The van der Waals surface area contributed by atoms with Crippen molar-refractivity contribution in [3.63, 3.8) is 0 Å². The van der Waals surface area contributed by atoms with E-state index in [1.54, 1.807) is 0 Å². The van der Waals surface area contributed by atoms with E-state index >= 15 is 0 Å². The second kappa shape index (κ2) is 6.74. The number of carbonyl (C=O) groups is 2. The van der Waals surface area contributed by atoms with Crippen LogP contribution < -0.4 is 10.0 Å². The number of rotatable bonds is 6. The molecule has 0 aliphatic carbocycles. The van der Waals surface area contributed by atoms with Crippen LogP contribution in [-0.4, -0.2) is 44.5 Å². The first-order chi connectivity index (χ1) is 7.26. The van der Waals surface area contributed by atoms with Gasteiger partial charge in [-0.25, -0.2) is 8.42 Å². The van der Waals surface area contributed by atoms with Crippen LogP contribution in [0.2, 0.25) is 0 Å². The van der Waals surface area contributed by atoms with Gasteiger partial charge in [0.1, 0.15) is 6.04 Å². The fourth-order valence-electron chi connectivity index (χ4n) is 1.00. The maximum Gasteiger partial charge on any atom is 0.256 e. The van der Waals surface area contributed by atoms with Gasteiger partial charge in [0.25, 0.3) is 5.91 Å². The van der Waals surface area contributed by atoms with Crippen molar-refractivity contribution in [2.75, 3.05) is 18.3 Å². The van der Waals surface area contributed by atoms with Crippen LogP contribution in [0.1, 0.15) is 13.3 Å². The van der Waals surface area contributed by atoms with Crippen LogP contribution >= 0.6 is 11.8 Å². The summed E-state index contributed by atoms with van der Waals surface area (Å²) < 4.78 is 23.6. The van der Waals surface area contributed by atoms with Gasteiger partial charge in [-0.3, -0.25) is 14.3 Å². The highest BCUT2D eigenvalue weighted by molar-refractivity contribution is 7.98. The zero-order chi connectivity index (χ0) is 12.8. The Morgan fingerprint density at radius 1 is 1.38 bits per heavy atom. The Balaban J connectivity index is 4.49. The number of amides is 2. The molecule has 0 aromatic rings. The summed E-state index contributed by atoms with van der Waals surface area (Å²) >= 11 is 1.51. The third-order valence-corrected chi connectivity index (χ3v) is 2.81. The number of sulfonamides is 1. The minimum atomic E-state index is -3.59. The third-order valence-electron chi connectivity index (χ3n) is 1.59. The molecule has 0 saturated heterocycles. The summed E-state index contributed by atoms with van der Waals surface area (Å²) in [5.41, 5.74) is 0. The van der Waals surface area contributed by atoms with Crippen LogP contribution in [0.5, 0.6) is 0 Å². The summed E-state index contributed by atoms with van der Waals surface area (Å²) in [5.74, 6) is -0.413. The van der Waals surface area contributed by atoms with Crippen LogP contribution in [0.3, 0.4) is 0 Å². The largest absolute Gasteiger partial charge is 0.344 e. The Morgan fingerprint density at radius 3 is 2.31 bits per heavy atom. The van der Waals surface area contributed by atoms with Gasteiger partial charge >= 0.3 is 0 Å². The monoisotopic (exact) mass is 268 g/mol. The Hall–Kier alpha value is -0.760. The third kappa shape index (κ3) is 7.52. The molecule has 8 heteroatoms. The van der Waals surface area contributed by atoms with Gasteiger partial charge in [0.05, 0.1) is 6.26 Å². The summed E-state index contributed by atoms with van der Waals surface area (Å²) in [5, 5.41) is 2.41. The van der Waals surface area contributed by atoms with Crippen molar-refractivity contribution >= 4 is 33.6 Å². The van der Waals surface area contributed by atoms with E-state index in [1.165, 1.54) is 18.7 Å². The topological polar surface area (TPSA) is 92.3 Å². The molecule has 0 aliphatic heterocycles. The first-order valence-corrected chi connectivity index (χ1v) is 7.82. The Morgan fingerprint density at radius 2 is 1.94 bits per heavy atom. The molecule has 1 atom stereocenters. The number of thioether (sulfide) groups is 1. The SMILES string of the molecule is CSCCC(NC(C)=O)C(=O)NS(C)(=O)=O. The molecule has 6 nitrogen and oxygen atoms in total. The first kappa shape index (κ1) is 15.2. The molecule has 1 unspecified atom stereocenters. The van der Waals surface area contributed by atoms with E-state index in [0.717, 1.165) is 6.26 Å². The molecule has 2 N–H and O–H groups in total. The van der Waals surface area contributed by atoms with Crippen LogP contribution in [0.15, 0.2) is 0 Å². The van der Waals surface area contributed by atoms with E-state index in [9.17, 15) is 18.0 Å². The summed E-state index contributed by atoms with van der Waals surface area (Å²) in [6.07, 6.45) is 3.14. The molecule has 0 fully saturated rings. The highest BCUT2D eigenvalue weighted by atomic mass is 32.2. The van der Waals surface area contributed by atoms with Crippen LogP contribution in [0, 0.1) is 0 Å². The van der Waals surface area contributed by atoms with Crippen molar-refractivity contribution in [2.45, 2.75) is 19.4 Å². The number of hydrogen-bond acceptors (Lipinski definition) is 5. The van der Waals surface area contributed by atoms with Crippen LogP contribution in [-0.2, 0) is 19.6 Å². The highest BCUT2D eigenvalue weighted by Crippen LogP contribution is 2.01. The summed E-state index contributed by atoms with van der Waals surface area (Å²) in [7, 11) is -3.59. The fourth-order valence-corrected chi connectivity index (χ4v) is 1.98. The second-order valence-electron chi connectivity index (χ2n) is 3.27. The normalized spacial score (nSPS) is 12.9. The molecule has 0 heterocycles. The molecule has 0 aromatic carbocycles. The Bertz CT molecular complexity index is 353. The molecule has 0 saturated carbocycles. The van der Waals surface area contributed by atoms with Crippen molar-refractivity contribution in [3.05, 3.63) is 0 Å². The van der Waals surface area contributed by atoms with Gasteiger partial charge in [0.15, 0.2) is 0 Å². The lowest BCUT2D eigenvalue weighted by Crippen LogP contribution is -2.47. The van der Waals surface area contributed by atoms with Crippen molar-refractivity contribution < 1.29 is 18.0 Å². The molecule has 0 bridgehead atoms. The fraction of sp³-hybridized carbons (Fsp3) is 0.750. The minimum Gasteiger partial charge on any atom is -0.344 e. The lowest BCUT2D eigenvalue weighted by molar-refractivity contribution is -0.127. The smallest absolute Gasteiger partial charge is 0.256 e. The summed E-state index contributed by atoms with van der Waals surface area (Å²) in [6.45, 7) is 1.28. The molecular weight excluding hydrogens is 252 g/mol. The van der Waals surface area contributed by atoms with E-state index in [0.29, 0.717) is 12.2 Å². The molecule has 0 radical (unpaired) electrons. The van der Waals surface area contributed by atoms with Crippen molar-refractivity contribution in [1.82, 2.24) is 10.0 Å². The minimum absolute atomic E-state index is 0.366. The molecule has 94 valence electrons. The van der Waals surface area contributed by atoms with Crippen molar-refractivity contribution in [2.24, 2.45) is 0 Å². The maximum absolute atomic E-state index is 11.5. The molecule has 0 aliphatic rings. The van der Waals surface area contributed by atoms with Gasteiger partial charge in [-0.15, -0.1) is 0 Å². The number of nitrogens with one attached hydrogen (secondary N) is 2. The van der Waals surface area contributed by atoms with E-state index in [2.05, 4.69) is 5.32 Å². The molecule has 0 spiro atoms. The van der Waals surface area contributed by atoms with Gasteiger partial charge in [-0.2, -0.15) is 11.8 Å². The summed E-state index contributed by atoms with van der Waals surface area (Å²) in [6, 6.07) is -0.806. The van der Waals surface area contributed by atoms with E-state index in [1.807, 2.05) is 11.0 Å². The molecule has 2 amide bonds. The van der Waals surface area contributed by atoms with Gasteiger partial charge in [0.2, 0.25) is 15.9 Å². The zero-order valence-electron chi connectivity index (χ0n) is 9.44. The average Bonchev–Trinajstić information content (AvgIpc) is 2.08. The predicted molar refractivity (Wildman–Crippen MR) is 63.6 cm³/mol. The second-order valence-corrected chi connectivity index (χ2v) is 6.01. The Kier molecular flexibility index (Phi) is 6.42. The molecule has 0 aromatic heterocycles. The molecular formula is C8H16N2O4S2. The van der Waals surface area contributed by atoms with Gasteiger partial charge < -0.3 is 5.32 Å². The lowest BCUT2D eigenvalue weighted by Gasteiger charge is -2.16. The highest BCUT2D eigenvalue weighted by Gasteiger charge is 2.21. The standard InChI is InChI=1S/C8H16N2O4S2/c1-6(11)9-7(4-5-15-2)8(12)10-16(3,13)14/h7H,4-5H2,1-3H3,(H,9,11)(H,10,12). The van der Waals surface area contributed by atoms with Crippen molar-refractivity contribution in [1.29, 1.82) is 0 Å². The van der Waals surface area contributed by atoms with Gasteiger partial charge in [-0.05, 0) is 18.4 Å². The number of carbonyl (C=O) groups excluding carboxylic acids is 2.